The van der Waals surface area contributed by atoms with Gasteiger partial charge in [0.15, 0.2) is 6.10 Å². The Bertz CT molecular complexity index is 1010. The van der Waals surface area contributed by atoms with Crippen molar-refractivity contribution in [3.63, 3.8) is 0 Å². The molecule has 0 aliphatic heterocycles. The molecule has 1 N–H and O–H groups in total. The normalized spacial score (nSPS) is 12.4. The number of thiophene rings is 1. The number of hydrogen-bond donors (Lipinski definition) is 1. The molecule has 1 aromatic carbocycles. The maximum Gasteiger partial charge on any atom is 0.349 e. The van der Waals surface area contributed by atoms with Crippen LogP contribution in [0.2, 0.25) is 5.02 Å². The predicted molar refractivity (Wildman–Crippen MR) is 107 cm³/mol. The van der Waals surface area contributed by atoms with E-state index in [2.05, 4.69) is 10.4 Å². The molecular weight excluding hydrogens is 386 g/mol. The number of nitrogens with one attached hydrogen (secondary N) is 1. The van der Waals surface area contributed by atoms with Gasteiger partial charge in [0.25, 0.3) is 5.91 Å². The van der Waals surface area contributed by atoms with Crippen molar-refractivity contribution in [2.45, 2.75) is 39.8 Å². The average molecular weight is 406 g/mol. The van der Waals surface area contributed by atoms with Crippen molar-refractivity contribution < 1.29 is 14.3 Å². The van der Waals surface area contributed by atoms with E-state index in [0.717, 1.165) is 21.6 Å². The monoisotopic (exact) mass is 405 g/mol. The number of nitrogens with zero attached hydrogens (tertiary/aromatic N) is 2. The van der Waals surface area contributed by atoms with Crippen LogP contribution in [-0.2, 0) is 9.53 Å². The topological polar surface area (TPSA) is 73.2 Å². The number of esters is 1. The molecule has 0 spiro atoms. The second-order valence-corrected chi connectivity index (χ2v) is 7.93. The number of aryl methyl sites for hydroxylation is 1. The van der Waals surface area contributed by atoms with Crippen LogP contribution in [-0.4, -0.2) is 33.8 Å². The summed E-state index contributed by atoms with van der Waals surface area (Å²) in [5.41, 5.74) is 1.52. The van der Waals surface area contributed by atoms with E-state index in [-0.39, 0.29) is 11.9 Å². The summed E-state index contributed by atoms with van der Waals surface area (Å²) in [6, 6.07) is 9.10. The number of benzene rings is 1. The lowest BCUT2D eigenvalue weighted by atomic mass is 10.3. The molecule has 0 radical (unpaired) electrons. The zero-order valence-corrected chi connectivity index (χ0v) is 17.0. The molecule has 0 bridgehead atoms. The van der Waals surface area contributed by atoms with E-state index in [1.165, 1.54) is 11.3 Å². The van der Waals surface area contributed by atoms with Crippen LogP contribution in [0.5, 0.6) is 0 Å². The number of para-hydroxylation sites is 1. The Morgan fingerprint density at radius 3 is 2.63 bits per heavy atom. The van der Waals surface area contributed by atoms with Crippen molar-refractivity contribution in [1.82, 2.24) is 15.1 Å². The molecule has 1 atom stereocenters. The predicted octanol–water partition coefficient (Wildman–Crippen LogP) is 4.12. The lowest BCUT2D eigenvalue weighted by Crippen LogP contribution is -2.39. The minimum atomic E-state index is -0.869. The Labute approximate surface area is 166 Å². The molecule has 142 valence electrons. The minimum absolute atomic E-state index is 0.0211. The van der Waals surface area contributed by atoms with Gasteiger partial charge in [0, 0.05) is 11.4 Å². The maximum absolute atomic E-state index is 12.5. The van der Waals surface area contributed by atoms with Gasteiger partial charge in [-0.05, 0) is 45.9 Å². The van der Waals surface area contributed by atoms with Crippen LogP contribution in [0.25, 0.3) is 15.9 Å². The van der Waals surface area contributed by atoms with Gasteiger partial charge in [-0.15, -0.1) is 11.3 Å². The lowest BCUT2D eigenvalue weighted by Gasteiger charge is -2.14. The number of ether oxygens (including phenoxy) is 1. The SMILES string of the molecule is Cc1nn(-c2ccccc2Cl)c2sc(C(=O)OC(C)C(=O)NC(C)C)cc12. The first-order chi connectivity index (χ1) is 12.8. The molecule has 2 heterocycles. The van der Waals surface area contributed by atoms with E-state index >= 15 is 0 Å². The van der Waals surface area contributed by atoms with Crippen molar-refractivity contribution >= 4 is 45.0 Å². The Kier molecular flexibility index (Phi) is 5.53. The summed E-state index contributed by atoms with van der Waals surface area (Å²) in [5.74, 6) is -0.856. The van der Waals surface area contributed by atoms with E-state index in [0.29, 0.717) is 9.90 Å². The number of aromatic nitrogens is 2. The van der Waals surface area contributed by atoms with Crippen LogP contribution in [0.4, 0.5) is 0 Å². The van der Waals surface area contributed by atoms with Crippen LogP contribution >= 0.6 is 22.9 Å². The van der Waals surface area contributed by atoms with Crippen molar-refractivity contribution in [2.75, 3.05) is 0 Å². The molecule has 0 fully saturated rings. The highest BCUT2D eigenvalue weighted by molar-refractivity contribution is 7.20. The van der Waals surface area contributed by atoms with E-state index in [1.54, 1.807) is 23.7 Å². The zero-order valence-electron chi connectivity index (χ0n) is 15.4. The smallest absolute Gasteiger partial charge is 0.349 e. The number of hydrogen-bond acceptors (Lipinski definition) is 5. The summed E-state index contributed by atoms with van der Waals surface area (Å²) in [5, 5.41) is 8.68. The van der Waals surface area contributed by atoms with Crippen LogP contribution in [0.15, 0.2) is 30.3 Å². The Morgan fingerprint density at radius 2 is 1.96 bits per heavy atom. The van der Waals surface area contributed by atoms with Gasteiger partial charge in [-0.2, -0.15) is 5.10 Å². The molecule has 0 saturated carbocycles. The molecule has 3 rings (SSSR count). The molecule has 0 aliphatic carbocycles. The van der Waals surface area contributed by atoms with Gasteiger partial charge in [0.2, 0.25) is 0 Å². The molecule has 1 unspecified atom stereocenters. The van der Waals surface area contributed by atoms with Crippen molar-refractivity contribution in [1.29, 1.82) is 0 Å². The summed E-state index contributed by atoms with van der Waals surface area (Å²) in [6.45, 7) is 7.12. The highest BCUT2D eigenvalue weighted by Gasteiger charge is 2.23. The van der Waals surface area contributed by atoms with Gasteiger partial charge in [-0.25, -0.2) is 9.48 Å². The van der Waals surface area contributed by atoms with Gasteiger partial charge in [0.1, 0.15) is 9.71 Å². The van der Waals surface area contributed by atoms with Gasteiger partial charge in [-0.1, -0.05) is 23.7 Å². The number of carbonyl (C=O) groups excluding carboxylic acids is 2. The maximum atomic E-state index is 12.5. The first kappa shape index (κ1) is 19.4. The molecule has 27 heavy (non-hydrogen) atoms. The van der Waals surface area contributed by atoms with Gasteiger partial charge in [-0.3, -0.25) is 4.79 Å². The molecule has 6 nitrogen and oxygen atoms in total. The highest BCUT2D eigenvalue weighted by Crippen LogP contribution is 2.32. The number of halogens is 1. The van der Waals surface area contributed by atoms with Gasteiger partial charge >= 0.3 is 5.97 Å². The second kappa shape index (κ2) is 7.70. The fourth-order valence-electron chi connectivity index (χ4n) is 2.61. The lowest BCUT2D eigenvalue weighted by molar-refractivity contribution is -0.129. The Morgan fingerprint density at radius 1 is 1.26 bits per heavy atom. The van der Waals surface area contributed by atoms with Crippen LogP contribution < -0.4 is 5.32 Å². The Balaban J connectivity index is 1.89. The van der Waals surface area contributed by atoms with Crippen LogP contribution in [0, 0.1) is 6.92 Å². The quantitative estimate of drug-likeness (QED) is 0.648. The molecular formula is C19H20ClN3O3S. The molecule has 2 aromatic heterocycles. The third kappa shape index (κ3) is 3.99. The van der Waals surface area contributed by atoms with Crippen LogP contribution in [0.3, 0.4) is 0 Å². The largest absolute Gasteiger partial charge is 0.448 e. The third-order valence-corrected chi connectivity index (χ3v) is 5.32. The summed E-state index contributed by atoms with van der Waals surface area (Å²) >= 11 is 7.55. The van der Waals surface area contributed by atoms with Crippen molar-refractivity contribution in [3.8, 4) is 5.69 Å². The van der Waals surface area contributed by atoms with E-state index in [9.17, 15) is 9.59 Å². The van der Waals surface area contributed by atoms with E-state index in [1.807, 2.05) is 39.0 Å². The number of amides is 1. The molecule has 0 aliphatic rings. The summed E-state index contributed by atoms with van der Waals surface area (Å²) < 4.78 is 7.04. The standard InChI is InChI=1S/C19H20ClN3O3S/c1-10(2)21-17(24)12(4)26-19(25)16-9-13-11(3)22-23(18(13)27-16)15-8-6-5-7-14(15)20/h5-10,12H,1-4H3,(H,21,24). The number of fused-ring (bicyclic) bond motifs is 1. The number of rotatable bonds is 5. The molecule has 1 amide bonds. The molecule has 3 aromatic rings. The fourth-order valence-corrected chi connectivity index (χ4v) is 3.88. The first-order valence-electron chi connectivity index (χ1n) is 8.53. The van der Waals surface area contributed by atoms with Crippen molar-refractivity contribution in [2.24, 2.45) is 0 Å². The third-order valence-electron chi connectivity index (χ3n) is 3.91. The summed E-state index contributed by atoms with van der Waals surface area (Å²) in [6.07, 6.45) is -0.869. The summed E-state index contributed by atoms with van der Waals surface area (Å²) in [7, 11) is 0. The van der Waals surface area contributed by atoms with E-state index < -0.39 is 12.1 Å². The second-order valence-electron chi connectivity index (χ2n) is 6.49. The molecule has 0 saturated heterocycles. The zero-order chi connectivity index (χ0) is 19.7. The van der Waals surface area contributed by atoms with Crippen LogP contribution in [0.1, 0.15) is 36.1 Å². The van der Waals surface area contributed by atoms with Gasteiger partial charge < -0.3 is 10.1 Å². The Hall–Kier alpha value is -2.38. The fraction of sp³-hybridized carbons (Fsp3) is 0.316. The van der Waals surface area contributed by atoms with Crippen molar-refractivity contribution in [3.05, 3.63) is 45.9 Å². The number of carbonyl (C=O) groups is 2. The first-order valence-corrected chi connectivity index (χ1v) is 9.72. The molecule has 8 heteroatoms. The highest BCUT2D eigenvalue weighted by atomic mass is 35.5. The van der Waals surface area contributed by atoms with Gasteiger partial charge in [0.05, 0.1) is 16.4 Å². The minimum Gasteiger partial charge on any atom is -0.448 e. The summed E-state index contributed by atoms with van der Waals surface area (Å²) in [4.78, 5) is 25.7. The average Bonchev–Trinajstić information content (AvgIpc) is 3.16. The van der Waals surface area contributed by atoms with E-state index in [4.69, 9.17) is 16.3 Å².